The highest BCUT2D eigenvalue weighted by atomic mass is 16.5. The number of rotatable bonds is 7. The highest BCUT2D eigenvalue weighted by Crippen LogP contribution is 2.19. The summed E-state index contributed by atoms with van der Waals surface area (Å²) in [6.45, 7) is 8.82. The van der Waals surface area contributed by atoms with Crippen LogP contribution >= 0.6 is 0 Å². The number of carbonyl (C=O) groups is 1. The van der Waals surface area contributed by atoms with Gasteiger partial charge >= 0.3 is 5.97 Å². The molecular weight excluding hydrogens is 214 g/mol. The van der Waals surface area contributed by atoms with Crippen molar-refractivity contribution in [2.75, 3.05) is 19.7 Å². The summed E-state index contributed by atoms with van der Waals surface area (Å²) in [5, 5.41) is 3.24. The van der Waals surface area contributed by atoms with E-state index in [1.807, 2.05) is 0 Å². The summed E-state index contributed by atoms with van der Waals surface area (Å²) in [5.41, 5.74) is 0. The molecule has 0 bridgehead atoms. The summed E-state index contributed by atoms with van der Waals surface area (Å²) in [6.07, 6.45) is 4.73. The molecule has 1 heterocycles. The topological polar surface area (TPSA) is 38.3 Å². The van der Waals surface area contributed by atoms with Crippen LogP contribution in [0.2, 0.25) is 0 Å². The van der Waals surface area contributed by atoms with Crippen molar-refractivity contribution in [3.63, 3.8) is 0 Å². The van der Waals surface area contributed by atoms with Crippen molar-refractivity contribution in [1.82, 2.24) is 5.32 Å². The van der Waals surface area contributed by atoms with Crippen LogP contribution in [0, 0.1) is 17.8 Å². The van der Waals surface area contributed by atoms with Crippen LogP contribution in [0.15, 0.2) is 0 Å². The van der Waals surface area contributed by atoms with E-state index in [0.717, 1.165) is 19.5 Å². The second-order valence-corrected chi connectivity index (χ2v) is 5.29. The third-order valence-electron chi connectivity index (χ3n) is 3.82. The average Bonchev–Trinajstić information content (AvgIpc) is 2.75. The Balaban J connectivity index is 2.25. The maximum absolute atomic E-state index is 11.9. The molecule has 3 nitrogen and oxygen atoms in total. The van der Waals surface area contributed by atoms with Gasteiger partial charge < -0.3 is 10.1 Å². The van der Waals surface area contributed by atoms with Crippen LogP contribution in [0.4, 0.5) is 0 Å². The molecule has 0 spiro atoms. The molecule has 3 heteroatoms. The summed E-state index contributed by atoms with van der Waals surface area (Å²) in [5.74, 6) is 1.03. The largest absolute Gasteiger partial charge is 0.465 e. The van der Waals surface area contributed by atoms with Crippen LogP contribution in [0.25, 0.3) is 0 Å². The number of unbranched alkanes of at least 4 members (excludes halogenated alkanes) is 1. The van der Waals surface area contributed by atoms with Gasteiger partial charge in [-0.3, -0.25) is 4.79 Å². The van der Waals surface area contributed by atoms with Gasteiger partial charge in [-0.2, -0.15) is 0 Å². The van der Waals surface area contributed by atoms with Crippen molar-refractivity contribution in [1.29, 1.82) is 0 Å². The Bertz CT molecular complexity index is 230. The van der Waals surface area contributed by atoms with Gasteiger partial charge in [0.25, 0.3) is 0 Å². The van der Waals surface area contributed by atoms with Crippen LogP contribution < -0.4 is 5.32 Å². The van der Waals surface area contributed by atoms with E-state index in [1.54, 1.807) is 0 Å². The van der Waals surface area contributed by atoms with Gasteiger partial charge in [-0.25, -0.2) is 0 Å². The standard InChI is InChI=1S/C14H27NO2/c1-4-6-7-12(5-2)10-17-14(16)13-9-15-8-11(13)3/h11-13,15H,4-10H2,1-3H3. The Hall–Kier alpha value is -0.570. The minimum Gasteiger partial charge on any atom is -0.465 e. The van der Waals surface area contributed by atoms with Crippen molar-refractivity contribution in [3.05, 3.63) is 0 Å². The maximum atomic E-state index is 11.9. The van der Waals surface area contributed by atoms with Crippen LogP contribution in [0.3, 0.4) is 0 Å². The Labute approximate surface area is 105 Å². The van der Waals surface area contributed by atoms with E-state index in [4.69, 9.17) is 4.74 Å². The first kappa shape index (κ1) is 14.5. The molecule has 1 aliphatic heterocycles. The quantitative estimate of drug-likeness (QED) is 0.696. The molecule has 1 N–H and O–H groups in total. The lowest BCUT2D eigenvalue weighted by Gasteiger charge is -2.18. The molecule has 0 amide bonds. The molecule has 3 atom stereocenters. The first-order valence-electron chi connectivity index (χ1n) is 7.06. The lowest BCUT2D eigenvalue weighted by molar-refractivity contribution is -0.150. The Morgan fingerprint density at radius 3 is 2.71 bits per heavy atom. The van der Waals surface area contributed by atoms with E-state index in [0.29, 0.717) is 18.4 Å². The third kappa shape index (κ3) is 4.66. The van der Waals surface area contributed by atoms with Crippen molar-refractivity contribution < 1.29 is 9.53 Å². The molecule has 1 rings (SSSR count). The van der Waals surface area contributed by atoms with Gasteiger partial charge in [0.15, 0.2) is 0 Å². The molecule has 1 saturated heterocycles. The monoisotopic (exact) mass is 241 g/mol. The number of nitrogens with one attached hydrogen (secondary N) is 1. The first-order chi connectivity index (χ1) is 8.19. The predicted molar refractivity (Wildman–Crippen MR) is 69.8 cm³/mol. The first-order valence-corrected chi connectivity index (χ1v) is 7.06. The van der Waals surface area contributed by atoms with Gasteiger partial charge in [0.05, 0.1) is 12.5 Å². The lowest BCUT2D eigenvalue weighted by atomic mass is 9.98. The molecule has 100 valence electrons. The van der Waals surface area contributed by atoms with Gasteiger partial charge in [-0.15, -0.1) is 0 Å². The number of hydrogen-bond acceptors (Lipinski definition) is 3. The van der Waals surface area contributed by atoms with Crippen LogP contribution in [-0.2, 0) is 9.53 Å². The molecular formula is C14H27NO2. The Morgan fingerprint density at radius 1 is 1.41 bits per heavy atom. The Morgan fingerprint density at radius 2 is 2.18 bits per heavy atom. The minimum absolute atomic E-state index is 0.00236. The maximum Gasteiger partial charge on any atom is 0.310 e. The van der Waals surface area contributed by atoms with Crippen LogP contribution in [0.5, 0.6) is 0 Å². The third-order valence-corrected chi connectivity index (χ3v) is 3.82. The van der Waals surface area contributed by atoms with Gasteiger partial charge in [0, 0.05) is 6.54 Å². The van der Waals surface area contributed by atoms with Gasteiger partial charge in [0.1, 0.15) is 0 Å². The fourth-order valence-electron chi connectivity index (χ4n) is 2.33. The van der Waals surface area contributed by atoms with Crippen molar-refractivity contribution in [2.24, 2.45) is 17.8 Å². The van der Waals surface area contributed by atoms with Gasteiger partial charge in [-0.05, 0) is 24.8 Å². The van der Waals surface area contributed by atoms with E-state index in [-0.39, 0.29) is 11.9 Å². The fourth-order valence-corrected chi connectivity index (χ4v) is 2.33. The van der Waals surface area contributed by atoms with Gasteiger partial charge in [0.2, 0.25) is 0 Å². The molecule has 0 aromatic carbocycles. The number of ether oxygens (including phenoxy) is 1. The summed E-state index contributed by atoms with van der Waals surface area (Å²) >= 11 is 0. The van der Waals surface area contributed by atoms with Crippen LogP contribution in [-0.4, -0.2) is 25.7 Å². The molecule has 0 radical (unpaired) electrons. The SMILES string of the molecule is CCCCC(CC)COC(=O)C1CNCC1C. The number of esters is 1. The van der Waals surface area contributed by atoms with Crippen molar-refractivity contribution >= 4 is 5.97 Å². The normalized spacial score (nSPS) is 25.8. The molecule has 0 aromatic rings. The predicted octanol–water partition coefficient (Wildman–Crippen LogP) is 2.60. The average molecular weight is 241 g/mol. The van der Waals surface area contributed by atoms with E-state index in [2.05, 4.69) is 26.1 Å². The van der Waals surface area contributed by atoms with E-state index < -0.39 is 0 Å². The van der Waals surface area contributed by atoms with E-state index in [1.165, 1.54) is 19.3 Å². The summed E-state index contributed by atoms with van der Waals surface area (Å²) < 4.78 is 5.47. The summed E-state index contributed by atoms with van der Waals surface area (Å²) in [7, 11) is 0. The highest BCUT2D eigenvalue weighted by molar-refractivity contribution is 5.73. The summed E-state index contributed by atoms with van der Waals surface area (Å²) in [4.78, 5) is 11.9. The molecule has 0 aromatic heterocycles. The van der Waals surface area contributed by atoms with E-state index in [9.17, 15) is 4.79 Å². The zero-order chi connectivity index (χ0) is 12.7. The lowest BCUT2D eigenvalue weighted by Crippen LogP contribution is -2.25. The molecule has 0 saturated carbocycles. The molecule has 1 aliphatic rings. The zero-order valence-electron chi connectivity index (χ0n) is 11.5. The molecule has 1 fully saturated rings. The fraction of sp³-hybridized carbons (Fsp3) is 0.929. The molecule has 3 unspecified atom stereocenters. The van der Waals surface area contributed by atoms with E-state index >= 15 is 0 Å². The smallest absolute Gasteiger partial charge is 0.310 e. The van der Waals surface area contributed by atoms with Gasteiger partial charge in [-0.1, -0.05) is 40.0 Å². The summed E-state index contributed by atoms with van der Waals surface area (Å²) in [6, 6.07) is 0. The Kier molecular flexibility index (Phi) is 6.56. The zero-order valence-corrected chi connectivity index (χ0v) is 11.5. The second kappa shape index (κ2) is 7.70. The van der Waals surface area contributed by atoms with Crippen molar-refractivity contribution in [3.8, 4) is 0 Å². The number of carbonyl (C=O) groups excluding carboxylic acids is 1. The highest BCUT2D eigenvalue weighted by Gasteiger charge is 2.31. The van der Waals surface area contributed by atoms with Crippen molar-refractivity contribution in [2.45, 2.75) is 46.5 Å². The number of hydrogen-bond donors (Lipinski definition) is 1. The molecule has 17 heavy (non-hydrogen) atoms. The van der Waals surface area contributed by atoms with Crippen LogP contribution in [0.1, 0.15) is 46.5 Å². The minimum atomic E-state index is -0.00236. The second-order valence-electron chi connectivity index (χ2n) is 5.29. The molecule has 0 aliphatic carbocycles.